The van der Waals surface area contributed by atoms with Gasteiger partial charge in [0.25, 0.3) is 0 Å². The van der Waals surface area contributed by atoms with E-state index in [-0.39, 0.29) is 29.9 Å². The SMILES string of the molecule is CC(=O)CC1CCCC(=O)C1.CCOC(=O)C(C(C)=O)C1CCCC(=O)C1. The molecule has 3 atom stereocenters. The first kappa shape index (κ1) is 23.2. The molecule has 0 aromatic heterocycles. The highest BCUT2D eigenvalue weighted by molar-refractivity contribution is 5.98. The fourth-order valence-corrected chi connectivity index (χ4v) is 3.96. The normalized spacial score (nSPS) is 23.7. The third-order valence-corrected chi connectivity index (χ3v) is 5.13. The molecule has 0 radical (unpaired) electrons. The average Bonchev–Trinajstić information content (AvgIpc) is 2.55. The Morgan fingerprint density at radius 2 is 1.59 bits per heavy atom. The Morgan fingerprint density at radius 3 is 2.07 bits per heavy atom. The molecule has 0 spiro atoms. The highest BCUT2D eigenvalue weighted by Gasteiger charge is 2.36. The molecule has 0 amide bonds. The molecule has 2 fully saturated rings. The van der Waals surface area contributed by atoms with E-state index >= 15 is 0 Å². The quantitative estimate of drug-likeness (QED) is 0.519. The molecule has 2 aliphatic carbocycles. The number of hydrogen-bond acceptors (Lipinski definition) is 6. The van der Waals surface area contributed by atoms with Crippen LogP contribution >= 0.6 is 0 Å². The molecular weight excluding hydrogens is 348 g/mol. The van der Waals surface area contributed by atoms with Crippen LogP contribution in [0.2, 0.25) is 0 Å². The topological polar surface area (TPSA) is 94.6 Å². The number of ether oxygens (including phenoxy) is 1. The number of Topliss-reactive ketones (excluding diaryl/α,β-unsaturated/α-hetero) is 4. The van der Waals surface area contributed by atoms with Crippen LogP contribution in [0.3, 0.4) is 0 Å². The van der Waals surface area contributed by atoms with Crippen LogP contribution < -0.4 is 0 Å². The van der Waals surface area contributed by atoms with Crippen molar-refractivity contribution in [1.29, 1.82) is 0 Å². The minimum Gasteiger partial charge on any atom is -0.465 e. The monoisotopic (exact) mass is 380 g/mol. The average molecular weight is 380 g/mol. The summed E-state index contributed by atoms with van der Waals surface area (Å²) in [6.07, 6.45) is 6.45. The first-order valence-corrected chi connectivity index (χ1v) is 9.94. The zero-order chi connectivity index (χ0) is 20.4. The minimum absolute atomic E-state index is 0.145. The molecule has 0 saturated heterocycles. The maximum atomic E-state index is 11.6. The molecule has 0 aromatic rings. The predicted molar refractivity (Wildman–Crippen MR) is 100 cm³/mol. The second-order valence-electron chi connectivity index (χ2n) is 7.64. The third-order valence-electron chi connectivity index (χ3n) is 5.13. The lowest BCUT2D eigenvalue weighted by molar-refractivity contribution is -0.154. The van der Waals surface area contributed by atoms with Gasteiger partial charge in [0.1, 0.15) is 29.1 Å². The van der Waals surface area contributed by atoms with E-state index in [1.165, 1.54) is 6.92 Å². The molecule has 0 aromatic carbocycles. The van der Waals surface area contributed by atoms with Gasteiger partial charge in [0.15, 0.2) is 0 Å². The van der Waals surface area contributed by atoms with Gasteiger partial charge in [-0.2, -0.15) is 0 Å². The number of carbonyl (C=O) groups is 5. The van der Waals surface area contributed by atoms with Crippen molar-refractivity contribution in [2.75, 3.05) is 6.61 Å². The van der Waals surface area contributed by atoms with E-state index in [1.807, 2.05) is 0 Å². The summed E-state index contributed by atoms with van der Waals surface area (Å²) in [5, 5.41) is 0. The second kappa shape index (κ2) is 11.8. The summed E-state index contributed by atoms with van der Waals surface area (Å²) in [7, 11) is 0. The van der Waals surface area contributed by atoms with Gasteiger partial charge in [-0.3, -0.25) is 19.2 Å². The van der Waals surface area contributed by atoms with Crippen LogP contribution in [0.4, 0.5) is 0 Å². The Kier molecular flexibility index (Phi) is 10.1. The van der Waals surface area contributed by atoms with E-state index in [4.69, 9.17) is 4.74 Å². The standard InChI is InChI=1S/C12H18O4.C9H14O2/c1-3-16-12(15)11(8(2)13)9-5-4-6-10(14)7-9;1-7(10)5-8-3-2-4-9(11)6-8/h9,11H,3-7H2,1-2H3;8H,2-6H2,1H3. The molecule has 0 N–H and O–H groups in total. The van der Waals surface area contributed by atoms with Gasteiger partial charge in [-0.25, -0.2) is 0 Å². The van der Waals surface area contributed by atoms with Gasteiger partial charge < -0.3 is 9.53 Å². The summed E-state index contributed by atoms with van der Waals surface area (Å²) in [5.74, 6) is -0.525. The summed E-state index contributed by atoms with van der Waals surface area (Å²) >= 11 is 0. The van der Waals surface area contributed by atoms with Crippen LogP contribution in [0.25, 0.3) is 0 Å². The Balaban J connectivity index is 0.000000289. The zero-order valence-corrected chi connectivity index (χ0v) is 16.8. The lowest BCUT2D eigenvalue weighted by Gasteiger charge is -2.26. The Hall–Kier alpha value is -1.85. The van der Waals surface area contributed by atoms with Gasteiger partial charge >= 0.3 is 5.97 Å². The van der Waals surface area contributed by atoms with E-state index in [2.05, 4.69) is 0 Å². The summed E-state index contributed by atoms with van der Waals surface area (Å²) in [5.41, 5.74) is 0. The lowest BCUT2D eigenvalue weighted by atomic mass is 9.78. The fraction of sp³-hybridized carbons (Fsp3) is 0.762. The van der Waals surface area contributed by atoms with Crippen LogP contribution in [-0.2, 0) is 28.7 Å². The maximum Gasteiger partial charge on any atom is 0.316 e. The van der Waals surface area contributed by atoms with Crippen LogP contribution in [0.5, 0.6) is 0 Å². The van der Waals surface area contributed by atoms with Gasteiger partial charge in [-0.1, -0.05) is 0 Å². The van der Waals surface area contributed by atoms with Crippen molar-refractivity contribution in [3.05, 3.63) is 0 Å². The van der Waals surface area contributed by atoms with Crippen molar-refractivity contribution in [2.24, 2.45) is 17.8 Å². The number of esters is 1. The van der Waals surface area contributed by atoms with E-state index in [0.29, 0.717) is 37.4 Å². The summed E-state index contributed by atoms with van der Waals surface area (Å²) in [6, 6.07) is 0. The number of ketones is 4. The summed E-state index contributed by atoms with van der Waals surface area (Å²) in [6.45, 7) is 4.96. The van der Waals surface area contributed by atoms with Crippen LogP contribution in [0.1, 0.15) is 78.6 Å². The zero-order valence-electron chi connectivity index (χ0n) is 16.8. The van der Waals surface area contributed by atoms with Crippen molar-refractivity contribution >= 4 is 29.1 Å². The van der Waals surface area contributed by atoms with E-state index in [9.17, 15) is 24.0 Å². The Morgan fingerprint density at radius 1 is 1.00 bits per heavy atom. The highest BCUT2D eigenvalue weighted by Crippen LogP contribution is 2.29. The number of rotatable bonds is 6. The molecular formula is C21H32O6. The van der Waals surface area contributed by atoms with Crippen molar-refractivity contribution < 1.29 is 28.7 Å². The third kappa shape index (κ3) is 8.59. The molecule has 2 aliphatic rings. The van der Waals surface area contributed by atoms with E-state index in [0.717, 1.165) is 32.1 Å². The predicted octanol–water partition coefficient (Wildman–Crippen LogP) is 3.24. The molecule has 0 aliphatic heterocycles. The van der Waals surface area contributed by atoms with E-state index in [1.54, 1.807) is 13.8 Å². The molecule has 0 heterocycles. The van der Waals surface area contributed by atoms with Crippen molar-refractivity contribution in [3.63, 3.8) is 0 Å². The molecule has 2 saturated carbocycles. The minimum atomic E-state index is -0.746. The van der Waals surface area contributed by atoms with Gasteiger partial charge in [0, 0.05) is 32.1 Å². The van der Waals surface area contributed by atoms with E-state index < -0.39 is 11.9 Å². The first-order chi connectivity index (χ1) is 12.7. The highest BCUT2D eigenvalue weighted by atomic mass is 16.5. The first-order valence-electron chi connectivity index (χ1n) is 9.94. The number of carbonyl (C=O) groups excluding carboxylic acids is 5. The maximum absolute atomic E-state index is 11.6. The van der Waals surface area contributed by atoms with Crippen molar-refractivity contribution in [1.82, 2.24) is 0 Å². The van der Waals surface area contributed by atoms with Crippen molar-refractivity contribution in [2.45, 2.75) is 78.6 Å². The van der Waals surface area contributed by atoms with Gasteiger partial charge in [-0.15, -0.1) is 0 Å². The van der Waals surface area contributed by atoms with Gasteiger partial charge in [0.05, 0.1) is 6.61 Å². The smallest absolute Gasteiger partial charge is 0.316 e. The Bertz CT molecular complexity index is 563. The lowest BCUT2D eigenvalue weighted by Crippen LogP contribution is -2.34. The number of hydrogen-bond donors (Lipinski definition) is 0. The summed E-state index contributed by atoms with van der Waals surface area (Å²) in [4.78, 5) is 56.1. The molecule has 152 valence electrons. The van der Waals surface area contributed by atoms with Crippen LogP contribution in [-0.4, -0.2) is 35.7 Å². The molecule has 0 bridgehead atoms. The summed E-state index contributed by atoms with van der Waals surface area (Å²) < 4.78 is 4.88. The largest absolute Gasteiger partial charge is 0.465 e. The van der Waals surface area contributed by atoms with Crippen molar-refractivity contribution in [3.8, 4) is 0 Å². The molecule has 3 unspecified atom stereocenters. The second-order valence-corrected chi connectivity index (χ2v) is 7.64. The van der Waals surface area contributed by atoms with Gasteiger partial charge in [0.2, 0.25) is 0 Å². The van der Waals surface area contributed by atoms with Crippen LogP contribution in [0, 0.1) is 17.8 Å². The molecule has 2 rings (SSSR count). The fourth-order valence-electron chi connectivity index (χ4n) is 3.96. The molecule has 6 heteroatoms. The molecule has 27 heavy (non-hydrogen) atoms. The molecule has 6 nitrogen and oxygen atoms in total. The van der Waals surface area contributed by atoms with Crippen LogP contribution in [0.15, 0.2) is 0 Å². The van der Waals surface area contributed by atoms with Gasteiger partial charge in [-0.05, 0) is 58.3 Å². The Labute approximate surface area is 161 Å².